The molecule has 0 spiro atoms. The maximum atomic E-state index is 13.2. The molecule has 0 aliphatic heterocycles. The van der Waals surface area contributed by atoms with Crippen molar-refractivity contribution in [2.24, 2.45) is 0 Å². The van der Waals surface area contributed by atoms with E-state index in [0.29, 0.717) is 0 Å². The third-order valence-electron chi connectivity index (χ3n) is 3.56. The molecular weight excluding hydrogens is 285 g/mol. The Kier molecular flexibility index (Phi) is 6.06. The van der Waals surface area contributed by atoms with Gasteiger partial charge in [0, 0.05) is 5.69 Å². The molecule has 0 bridgehead atoms. The first-order valence-electron chi connectivity index (χ1n) is 7.47. The van der Waals surface area contributed by atoms with Gasteiger partial charge in [0.1, 0.15) is 5.82 Å². The van der Waals surface area contributed by atoms with Gasteiger partial charge in [0.05, 0.1) is 11.1 Å². The minimum Gasteiger partial charge on any atom is -0.378 e. The zero-order valence-electron chi connectivity index (χ0n) is 12.3. The molecule has 3 heteroatoms. The Morgan fingerprint density at radius 3 is 2.52 bits per heavy atom. The van der Waals surface area contributed by atoms with E-state index >= 15 is 0 Å². The second kappa shape index (κ2) is 8.04. The lowest BCUT2D eigenvalue weighted by Gasteiger charge is -2.20. The minimum absolute atomic E-state index is 0.153. The van der Waals surface area contributed by atoms with Crippen molar-refractivity contribution in [3.05, 3.63) is 64.9 Å². The third kappa shape index (κ3) is 4.75. The van der Waals surface area contributed by atoms with Crippen LogP contribution in [0.15, 0.2) is 48.5 Å². The molecule has 1 nitrogen and oxygen atoms in total. The van der Waals surface area contributed by atoms with Crippen LogP contribution in [0.25, 0.3) is 0 Å². The van der Waals surface area contributed by atoms with Crippen molar-refractivity contribution in [1.82, 2.24) is 0 Å². The SMILES string of the molecule is CCCCCC(Nc1ccc(F)c(Cl)c1)c1ccccc1. The highest BCUT2D eigenvalue weighted by molar-refractivity contribution is 6.31. The van der Waals surface area contributed by atoms with Crippen molar-refractivity contribution in [2.45, 2.75) is 38.6 Å². The van der Waals surface area contributed by atoms with Gasteiger partial charge < -0.3 is 5.32 Å². The number of rotatable bonds is 7. The fourth-order valence-corrected chi connectivity index (χ4v) is 2.57. The Labute approximate surface area is 131 Å². The van der Waals surface area contributed by atoms with Gasteiger partial charge in [0.15, 0.2) is 0 Å². The van der Waals surface area contributed by atoms with Crippen LogP contribution in [0.5, 0.6) is 0 Å². The lowest BCUT2D eigenvalue weighted by Crippen LogP contribution is -2.11. The van der Waals surface area contributed by atoms with Crippen LogP contribution in [-0.2, 0) is 0 Å². The number of hydrogen-bond acceptors (Lipinski definition) is 1. The molecule has 1 atom stereocenters. The summed E-state index contributed by atoms with van der Waals surface area (Å²) in [6.45, 7) is 2.20. The van der Waals surface area contributed by atoms with Crippen LogP contribution in [-0.4, -0.2) is 0 Å². The summed E-state index contributed by atoms with van der Waals surface area (Å²) < 4.78 is 13.2. The predicted molar refractivity (Wildman–Crippen MR) is 88.4 cm³/mol. The molecule has 0 saturated heterocycles. The molecule has 1 unspecified atom stereocenters. The topological polar surface area (TPSA) is 12.0 Å². The van der Waals surface area contributed by atoms with Crippen molar-refractivity contribution in [1.29, 1.82) is 0 Å². The van der Waals surface area contributed by atoms with E-state index in [2.05, 4.69) is 24.4 Å². The van der Waals surface area contributed by atoms with Crippen molar-refractivity contribution in [2.75, 3.05) is 5.32 Å². The molecule has 2 rings (SSSR count). The van der Waals surface area contributed by atoms with Crippen molar-refractivity contribution in [3.8, 4) is 0 Å². The minimum atomic E-state index is -0.385. The highest BCUT2D eigenvalue weighted by Crippen LogP contribution is 2.27. The number of anilines is 1. The molecule has 0 aromatic heterocycles. The summed E-state index contributed by atoms with van der Waals surface area (Å²) >= 11 is 5.86. The van der Waals surface area contributed by atoms with Crippen LogP contribution >= 0.6 is 11.6 Å². The first-order chi connectivity index (χ1) is 10.2. The molecule has 1 N–H and O–H groups in total. The number of nitrogens with one attached hydrogen (secondary N) is 1. The van der Waals surface area contributed by atoms with Crippen LogP contribution in [0.3, 0.4) is 0 Å². The van der Waals surface area contributed by atoms with Gasteiger partial charge in [-0.25, -0.2) is 4.39 Å². The van der Waals surface area contributed by atoms with Gasteiger partial charge >= 0.3 is 0 Å². The van der Waals surface area contributed by atoms with E-state index in [1.807, 2.05) is 18.2 Å². The van der Waals surface area contributed by atoms with E-state index in [1.54, 1.807) is 12.1 Å². The Hall–Kier alpha value is -1.54. The summed E-state index contributed by atoms with van der Waals surface area (Å²) in [4.78, 5) is 0. The first kappa shape index (κ1) is 15.8. The average molecular weight is 306 g/mol. The summed E-state index contributed by atoms with van der Waals surface area (Å²) in [6, 6.07) is 15.3. The van der Waals surface area contributed by atoms with Gasteiger partial charge in [-0.05, 0) is 30.2 Å². The quantitative estimate of drug-likeness (QED) is 0.599. The Morgan fingerprint density at radius 1 is 1.10 bits per heavy atom. The molecule has 0 saturated carbocycles. The summed E-state index contributed by atoms with van der Waals surface area (Å²) in [5.74, 6) is -0.385. The van der Waals surface area contributed by atoms with Gasteiger partial charge in [0.25, 0.3) is 0 Å². The monoisotopic (exact) mass is 305 g/mol. The molecule has 0 amide bonds. The molecule has 21 heavy (non-hydrogen) atoms. The average Bonchev–Trinajstić information content (AvgIpc) is 2.51. The van der Waals surface area contributed by atoms with Crippen molar-refractivity contribution < 1.29 is 4.39 Å². The van der Waals surface area contributed by atoms with Crippen LogP contribution in [0.2, 0.25) is 5.02 Å². The van der Waals surface area contributed by atoms with E-state index < -0.39 is 0 Å². The molecule has 0 fully saturated rings. The van der Waals surface area contributed by atoms with E-state index in [1.165, 1.54) is 24.5 Å². The van der Waals surface area contributed by atoms with Gasteiger partial charge in [-0.2, -0.15) is 0 Å². The highest BCUT2D eigenvalue weighted by atomic mass is 35.5. The smallest absolute Gasteiger partial charge is 0.141 e. The van der Waals surface area contributed by atoms with Crippen LogP contribution < -0.4 is 5.32 Å². The number of hydrogen-bond donors (Lipinski definition) is 1. The maximum Gasteiger partial charge on any atom is 0.141 e. The maximum absolute atomic E-state index is 13.2. The zero-order chi connectivity index (χ0) is 15.1. The van der Waals surface area contributed by atoms with Crippen molar-refractivity contribution in [3.63, 3.8) is 0 Å². The van der Waals surface area contributed by atoms with E-state index in [4.69, 9.17) is 11.6 Å². The lowest BCUT2D eigenvalue weighted by atomic mass is 10.00. The summed E-state index contributed by atoms with van der Waals surface area (Å²) in [7, 11) is 0. The normalized spacial score (nSPS) is 12.1. The fraction of sp³-hybridized carbons (Fsp3) is 0.333. The standard InChI is InChI=1S/C18H21ClFN/c1-2-3-5-10-18(14-8-6-4-7-9-14)21-15-11-12-17(20)16(19)13-15/h4,6-9,11-13,18,21H,2-3,5,10H2,1H3. The van der Waals surface area contributed by atoms with Gasteiger partial charge in [-0.15, -0.1) is 0 Å². The number of halogens is 2. The van der Waals surface area contributed by atoms with Crippen LogP contribution in [0, 0.1) is 5.82 Å². The summed E-state index contributed by atoms with van der Waals surface area (Å²) in [5, 5.41) is 3.62. The van der Waals surface area contributed by atoms with Gasteiger partial charge in [-0.3, -0.25) is 0 Å². The van der Waals surface area contributed by atoms with E-state index in [9.17, 15) is 4.39 Å². The zero-order valence-corrected chi connectivity index (χ0v) is 13.0. The molecule has 0 radical (unpaired) electrons. The number of benzene rings is 2. The molecule has 2 aromatic rings. The summed E-state index contributed by atoms with van der Waals surface area (Å²) in [6.07, 6.45) is 4.63. The molecule has 0 heterocycles. The molecule has 0 aliphatic rings. The Bertz CT molecular complexity index is 556. The fourth-order valence-electron chi connectivity index (χ4n) is 2.39. The molecule has 112 valence electrons. The number of unbranched alkanes of at least 4 members (excludes halogenated alkanes) is 2. The Balaban J connectivity index is 2.13. The molecule has 0 aliphatic carbocycles. The second-order valence-electron chi connectivity index (χ2n) is 5.23. The predicted octanol–water partition coefficient (Wildman–Crippen LogP) is 6.21. The highest BCUT2D eigenvalue weighted by Gasteiger charge is 2.11. The van der Waals surface area contributed by atoms with E-state index in [0.717, 1.165) is 18.5 Å². The van der Waals surface area contributed by atoms with Crippen LogP contribution in [0.4, 0.5) is 10.1 Å². The van der Waals surface area contributed by atoms with Gasteiger partial charge in [-0.1, -0.05) is 68.1 Å². The van der Waals surface area contributed by atoms with E-state index in [-0.39, 0.29) is 16.9 Å². The largest absolute Gasteiger partial charge is 0.378 e. The van der Waals surface area contributed by atoms with Crippen LogP contribution in [0.1, 0.15) is 44.2 Å². The Morgan fingerprint density at radius 2 is 1.86 bits per heavy atom. The lowest BCUT2D eigenvalue weighted by molar-refractivity contribution is 0.605. The first-order valence-corrected chi connectivity index (χ1v) is 7.85. The molecule has 2 aromatic carbocycles. The van der Waals surface area contributed by atoms with Gasteiger partial charge in [0.2, 0.25) is 0 Å². The summed E-state index contributed by atoms with van der Waals surface area (Å²) in [5.41, 5.74) is 2.10. The third-order valence-corrected chi connectivity index (χ3v) is 3.85. The second-order valence-corrected chi connectivity index (χ2v) is 5.64. The molecular formula is C18H21ClFN. The van der Waals surface area contributed by atoms with Crippen molar-refractivity contribution >= 4 is 17.3 Å².